The molecule has 1 fully saturated rings. The van der Waals surface area contributed by atoms with Gasteiger partial charge in [0.25, 0.3) is 0 Å². The van der Waals surface area contributed by atoms with Gasteiger partial charge in [-0.3, -0.25) is 4.79 Å². The Labute approximate surface area is 147 Å². The minimum absolute atomic E-state index is 0. The second-order valence-electron chi connectivity index (χ2n) is 6.54. The predicted molar refractivity (Wildman–Crippen MR) is 99.9 cm³/mol. The first-order chi connectivity index (χ1) is 10.7. The summed E-state index contributed by atoms with van der Waals surface area (Å²) in [5.41, 5.74) is 7.85. The molecule has 1 aliphatic carbocycles. The Balaban J connectivity index is 0.00000264. The first-order valence-electron chi connectivity index (χ1n) is 8.82. The van der Waals surface area contributed by atoms with Crippen molar-refractivity contribution in [3.8, 4) is 0 Å². The number of hydrogen-bond donors (Lipinski definition) is 1. The molecule has 0 bridgehead atoms. The molecule has 23 heavy (non-hydrogen) atoms. The number of amides is 1. The summed E-state index contributed by atoms with van der Waals surface area (Å²) in [4.78, 5) is 14.7. The van der Waals surface area contributed by atoms with Crippen LogP contribution in [0.1, 0.15) is 57.4 Å². The average Bonchev–Trinajstić information content (AvgIpc) is 2.54. The molecule has 0 radical (unpaired) electrons. The SMILES string of the molecule is CCCN(CC1CCCCC1)C(=O)CCc1ccccc1N.Cl. The van der Waals surface area contributed by atoms with Crippen molar-refractivity contribution < 1.29 is 4.79 Å². The van der Waals surface area contributed by atoms with Crippen LogP contribution in [0.2, 0.25) is 0 Å². The van der Waals surface area contributed by atoms with Crippen molar-refractivity contribution in [1.82, 2.24) is 4.90 Å². The molecule has 0 spiro atoms. The van der Waals surface area contributed by atoms with Gasteiger partial charge in [0.2, 0.25) is 5.91 Å². The van der Waals surface area contributed by atoms with Crippen LogP contribution in [0.3, 0.4) is 0 Å². The molecule has 2 N–H and O–H groups in total. The molecule has 1 aliphatic rings. The van der Waals surface area contributed by atoms with Crippen molar-refractivity contribution in [3.05, 3.63) is 29.8 Å². The zero-order valence-electron chi connectivity index (χ0n) is 14.3. The highest BCUT2D eigenvalue weighted by Crippen LogP contribution is 2.25. The summed E-state index contributed by atoms with van der Waals surface area (Å²) in [6, 6.07) is 7.86. The fourth-order valence-electron chi connectivity index (χ4n) is 3.43. The maximum absolute atomic E-state index is 12.6. The first-order valence-corrected chi connectivity index (χ1v) is 8.82. The fraction of sp³-hybridized carbons (Fsp3) is 0.632. The molecule has 3 nitrogen and oxygen atoms in total. The Hall–Kier alpha value is -1.22. The maximum atomic E-state index is 12.6. The van der Waals surface area contributed by atoms with Crippen LogP contribution in [0.4, 0.5) is 5.69 Å². The molecule has 0 aliphatic heterocycles. The number of rotatable bonds is 7. The van der Waals surface area contributed by atoms with Gasteiger partial charge in [-0.2, -0.15) is 0 Å². The largest absolute Gasteiger partial charge is 0.399 e. The van der Waals surface area contributed by atoms with Crippen LogP contribution in [-0.2, 0) is 11.2 Å². The van der Waals surface area contributed by atoms with Gasteiger partial charge < -0.3 is 10.6 Å². The van der Waals surface area contributed by atoms with Gasteiger partial charge in [0, 0.05) is 25.2 Å². The first kappa shape index (κ1) is 19.8. The molecule has 0 aromatic heterocycles. The number of halogens is 1. The summed E-state index contributed by atoms with van der Waals surface area (Å²) in [5, 5.41) is 0. The Morgan fingerprint density at radius 2 is 1.91 bits per heavy atom. The second kappa shape index (κ2) is 10.5. The van der Waals surface area contributed by atoms with Crippen LogP contribution >= 0.6 is 12.4 Å². The highest BCUT2D eigenvalue weighted by molar-refractivity contribution is 5.85. The van der Waals surface area contributed by atoms with E-state index in [4.69, 9.17) is 5.73 Å². The molecule has 1 aromatic carbocycles. The summed E-state index contributed by atoms with van der Waals surface area (Å²) < 4.78 is 0. The Morgan fingerprint density at radius 1 is 1.22 bits per heavy atom. The van der Waals surface area contributed by atoms with Gasteiger partial charge in [0.1, 0.15) is 0 Å². The van der Waals surface area contributed by atoms with Gasteiger partial charge in [-0.25, -0.2) is 0 Å². The number of carbonyl (C=O) groups excluding carboxylic acids is 1. The van der Waals surface area contributed by atoms with E-state index in [9.17, 15) is 4.79 Å². The van der Waals surface area contributed by atoms with E-state index >= 15 is 0 Å². The molecule has 2 rings (SSSR count). The molecule has 4 heteroatoms. The van der Waals surface area contributed by atoms with Gasteiger partial charge in [-0.05, 0) is 43.2 Å². The molecule has 1 saturated carbocycles. The van der Waals surface area contributed by atoms with Crippen LogP contribution in [0.25, 0.3) is 0 Å². The monoisotopic (exact) mass is 338 g/mol. The van der Waals surface area contributed by atoms with Gasteiger partial charge in [0.15, 0.2) is 0 Å². The van der Waals surface area contributed by atoms with Crippen molar-refractivity contribution in [3.63, 3.8) is 0 Å². The van der Waals surface area contributed by atoms with Crippen molar-refractivity contribution >= 4 is 24.0 Å². The molecular formula is C19H31ClN2O. The molecule has 1 aromatic rings. The second-order valence-corrected chi connectivity index (χ2v) is 6.54. The highest BCUT2D eigenvalue weighted by Gasteiger charge is 2.20. The number of anilines is 1. The lowest BCUT2D eigenvalue weighted by Gasteiger charge is -2.30. The maximum Gasteiger partial charge on any atom is 0.222 e. The summed E-state index contributed by atoms with van der Waals surface area (Å²) in [6.07, 6.45) is 8.96. The third kappa shape index (κ3) is 6.42. The third-order valence-corrected chi connectivity index (χ3v) is 4.71. The van der Waals surface area contributed by atoms with E-state index in [-0.39, 0.29) is 18.3 Å². The molecular weight excluding hydrogens is 308 g/mol. The lowest BCUT2D eigenvalue weighted by atomic mass is 9.89. The van der Waals surface area contributed by atoms with Crippen molar-refractivity contribution in [2.75, 3.05) is 18.8 Å². The normalized spacial score (nSPS) is 15.0. The number of aryl methyl sites for hydroxylation is 1. The quantitative estimate of drug-likeness (QED) is 0.747. The summed E-state index contributed by atoms with van der Waals surface area (Å²) >= 11 is 0. The van der Waals surface area contributed by atoms with E-state index in [0.29, 0.717) is 12.3 Å². The lowest BCUT2D eigenvalue weighted by Crippen LogP contribution is -2.36. The van der Waals surface area contributed by atoms with Gasteiger partial charge in [-0.1, -0.05) is 44.4 Å². The Bertz CT molecular complexity index is 472. The number of hydrogen-bond acceptors (Lipinski definition) is 2. The minimum Gasteiger partial charge on any atom is -0.399 e. The van der Waals surface area contributed by atoms with Crippen molar-refractivity contribution in [2.45, 2.75) is 58.3 Å². The molecule has 0 unspecified atom stereocenters. The van der Waals surface area contributed by atoms with Crippen LogP contribution in [0.5, 0.6) is 0 Å². The fourth-order valence-corrected chi connectivity index (χ4v) is 3.43. The Kier molecular flexibility index (Phi) is 9.08. The van der Waals surface area contributed by atoms with Gasteiger partial charge >= 0.3 is 0 Å². The molecule has 0 atom stereocenters. The van der Waals surface area contributed by atoms with E-state index in [1.807, 2.05) is 24.3 Å². The average molecular weight is 339 g/mol. The lowest BCUT2D eigenvalue weighted by molar-refractivity contribution is -0.132. The zero-order chi connectivity index (χ0) is 15.8. The molecule has 0 heterocycles. The van der Waals surface area contributed by atoms with E-state index in [1.54, 1.807) is 0 Å². The zero-order valence-corrected chi connectivity index (χ0v) is 15.1. The van der Waals surface area contributed by atoms with Crippen LogP contribution < -0.4 is 5.73 Å². The highest BCUT2D eigenvalue weighted by atomic mass is 35.5. The molecule has 0 saturated heterocycles. The number of benzene rings is 1. The van der Waals surface area contributed by atoms with Gasteiger partial charge in [0.05, 0.1) is 0 Å². The summed E-state index contributed by atoms with van der Waals surface area (Å²) in [5.74, 6) is 1.00. The number of carbonyl (C=O) groups is 1. The standard InChI is InChI=1S/C19H30N2O.ClH/c1-2-14-21(15-16-8-4-3-5-9-16)19(22)13-12-17-10-6-7-11-18(17)20;/h6-7,10-11,16H,2-5,8-9,12-15,20H2,1H3;1H. The topological polar surface area (TPSA) is 46.3 Å². The van der Waals surface area contributed by atoms with Crippen LogP contribution in [0.15, 0.2) is 24.3 Å². The van der Waals surface area contributed by atoms with E-state index in [0.717, 1.165) is 37.2 Å². The Morgan fingerprint density at radius 3 is 2.57 bits per heavy atom. The summed E-state index contributed by atoms with van der Waals surface area (Å²) in [6.45, 7) is 3.99. The van der Waals surface area contributed by atoms with Crippen molar-refractivity contribution in [1.29, 1.82) is 0 Å². The van der Waals surface area contributed by atoms with E-state index < -0.39 is 0 Å². The van der Waals surface area contributed by atoms with Crippen LogP contribution in [-0.4, -0.2) is 23.9 Å². The van der Waals surface area contributed by atoms with Crippen molar-refractivity contribution in [2.24, 2.45) is 5.92 Å². The van der Waals surface area contributed by atoms with Crippen LogP contribution in [0, 0.1) is 5.92 Å². The number of nitrogen functional groups attached to an aromatic ring is 1. The van der Waals surface area contributed by atoms with Gasteiger partial charge in [-0.15, -0.1) is 12.4 Å². The molecule has 130 valence electrons. The third-order valence-electron chi connectivity index (χ3n) is 4.71. The van der Waals surface area contributed by atoms with E-state index in [2.05, 4.69) is 11.8 Å². The smallest absolute Gasteiger partial charge is 0.222 e. The summed E-state index contributed by atoms with van der Waals surface area (Å²) in [7, 11) is 0. The number of nitrogens with two attached hydrogens (primary N) is 1. The minimum atomic E-state index is 0. The molecule has 1 amide bonds. The number of nitrogens with zero attached hydrogens (tertiary/aromatic N) is 1. The van der Waals surface area contributed by atoms with E-state index in [1.165, 1.54) is 32.1 Å². The predicted octanol–water partition coefficient (Wildman–Crippen LogP) is 4.44. The number of para-hydroxylation sites is 1.